The zero-order chi connectivity index (χ0) is 17.8. The quantitative estimate of drug-likeness (QED) is 0.759. The number of ketones is 1. The molecule has 0 saturated heterocycles. The molecule has 1 aromatic carbocycles. The van der Waals surface area contributed by atoms with E-state index in [4.69, 9.17) is 0 Å². The molecule has 0 spiro atoms. The van der Waals surface area contributed by atoms with E-state index < -0.39 is 16.2 Å². The minimum atomic E-state index is -0.744. The van der Waals surface area contributed by atoms with Crippen molar-refractivity contribution in [3.8, 4) is 0 Å². The van der Waals surface area contributed by atoms with Gasteiger partial charge < -0.3 is 0 Å². The Hall–Kier alpha value is -1.69. The standard InChI is InChI=1S/C18H21BrN2O3/c1-16(2)17(3)8-9-18(16,10-13(17)22)15(24)21-20-14(23)11-4-6-12(19)7-5-11/h4-7H,8-10H2,1-3H3,(H,20,23)(H,21,24). The van der Waals surface area contributed by atoms with Crippen LogP contribution in [-0.4, -0.2) is 17.6 Å². The number of halogens is 1. The van der Waals surface area contributed by atoms with Gasteiger partial charge in [0.15, 0.2) is 0 Å². The molecule has 3 rings (SSSR count). The molecule has 2 unspecified atom stereocenters. The van der Waals surface area contributed by atoms with Gasteiger partial charge in [0.2, 0.25) is 5.91 Å². The SMILES string of the molecule is CC12CCC(C(=O)NNC(=O)c3ccc(Br)cc3)(CC1=O)C2(C)C. The first-order valence-corrected chi connectivity index (χ1v) is 8.83. The summed E-state index contributed by atoms with van der Waals surface area (Å²) in [4.78, 5) is 37.4. The van der Waals surface area contributed by atoms with Crippen LogP contribution < -0.4 is 10.9 Å². The predicted octanol–water partition coefficient (Wildman–Crippen LogP) is 3.00. The Kier molecular flexibility index (Phi) is 3.86. The number of hydrogen-bond donors (Lipinski definition) is 2. The number of hydrazine groups is 1. The van der Waals surface area contributed by atoms with E-state index in [0.717, 1.165) is 4.47 Å². The Morgan fingerprint density at radius 1 is 1.04 bits per heavy atom. The second-order valence-electron chi connectivity index (χ2n) is 7.55. The zero-order valence-corrected chi connectivity index (χ0v) is 15.6. The molecule has 24 heavy (non-hydrogen) atoms. The molecule has 0 heterocycles. The molecule has 2 aliphatic carbocycles. The number of hydrogen-bond acceptors (Lipinski definition) is 3. The topological polar surface area (TPSA) is 75.3 Å². The van der Waals surface area contributed by atoms with E-state index in [1.165, 1.54) is 0 Å². The highest BCUT2D eigenvalue weighted by atomic mass is 79.9. The van der Waals surface area contributed by atoms with Crippen molar-refractivity contribution >= 4 is 33.5 Å². The fourth-order valence-electron chi connectivity index (χ4n) is 4.27. The second kappa shape index (κ2) is 5.41. The Morgan fingerprint density at radius 3 is 2.17 bits per heavy atom. The van der Waals surface area contributed by atoms with Crippen molar-refractivity contribution in [2.75, 3.05) is 0 Å². The summed E-state index contributed by atoms with van der Waals surface area (Å²) in [7, 11) is 0. The first kappa shape index (κ1) is 17.1. The van der Waals surface area contributed by atoms with E-state index >= 15 is 0 Å². The van der Waals surface area contributed by atoms with E-state index in [-0.39, 0.29) is 24.0 Å². The predicted molar refractivity (Wildman–Crippen MR) is 92.9 cm³/mol. The molecule has 128 valence electrons. The minimum Gasteiger partial charge on any atom is -0.299 e. The summed E-state index contributed by atoms with van der Waals surface area (Å²) < 4.78 is 0.874. The lowest BCUT2D eigenvalue weighted by Gasteiger charge is -2.38. The Bertz CT molecular complexity index is 728. The van der Waals surface area contributed by atoms with Crippen LogP contribution in [0.5, 0.6) is 0 Å². The molecule has 2 bridgehead atoms. The highest BCUT2D eigenvalue weighted by Crippen LogP contribution is 2.70. The van der Waals surface area contributed by atoms with Gasteiger partial charge in [-0.2, -0.15) is 0 Å². The number of rotatable bonds is 2. The van der Waals surface area contributed by atoms with E-state index in [9.17, 15) is 14.4 Å². The number of nitrogens with one attached hydrogen (secondary N) is 2. The highest BCUT2D eigenvalue weighted by molar-refractivity contribution is 9.10. The van der Waals surface area contributed by atoms with Crippen LogP contribution in [0.25, 0.3) is 0 Å². The number of benzene rings is 1. The fraction of sp³-hybridized carbons (Fsp3) is 0.500. The van der Waals surface area contributed by atoms with Crippen molar-refractivity contribution in [3.63, 3.8) is 0 Å². The van der Waals surface area contributed by atoms with Gasteiger partial charge in [-0.05, 0) is 42.5 Å². The van der Waals surface area contributed by atoms with Gasteiger partial charge in [-0.1, -0.05) is 36.7 Å². The average Bonchev–Trinajstić information content (AvgIpc) is 2.83. The van der Waals surface area contributed by atoms with E-state index in [2.05, 4.69) is 26.8 Å². The number of amides is 2. The monoisotopic (exact) mass is 392 g/mol. The Balaban J connectivity index is 1.73. The fourth-order valence-corrected chi connectivity index (χ4v) is 4.53. The Morgan fingerprint density at radius 2 is 1.67 bits per heavy atom. The lowest BCUT2D eigenvalue weighted by atomic mass is 9.64. The molecule has 2 fully saturated rings. The van der Waals surface area contributed by atoms with Crippen LogP contribution in [0, 0.1) is 16.2 Å². The summed E-state index contributed by atoms with van der Waals surface area (Å²) >= 11 is 3.31. The third-order valence-corrected chi connectivity index (χ3v) is 7.06. The van der Waals surface area contributed by atoms with Gasteiger partial charge in [0.25, 0.3) is 5.91 Å². The molecule has 0 aliphatic heterocycles. The van der Waals surface area contributed by atoms with Crippen molar-refractivity contribution in [2.45, 2.75) is 40.0 Å². The third kappa shape index (κ3) is 2.15. The largest absolute Gasteiger partial charge is 0.299 e. The highest BCUT2D eigenvalue weighted by Gasteiger charge is 2.72. The molecule has 5 nitrogen and oxygen atoms in total. The van der Waals surface area contributed by atoms with E-state index in [1.54, 1.807) is 24.3 Å². The molecule has 2 amide bonds. The van der Waals surface area contributed by atoms with Crippen molar-refractivity contribution in [3.05, 3.63) is 34.3 Å². The summed E-state index contributed by atoms with van der Waals surface area (Å²) in [6.45, 7) is 5.93. The number of carbonyl (C=O) groups excluding carboxylic acids is 3. The molecular weight excluding hydrogens is 372 g/mol. The molecule has 2 saturated carbocycles. The van der Waals surface area contributed by atoms with Gasteiger partial charge >= 0.3 is 0 Å². The molecule has 0 radical (unpaired) electrons. The lowest BCUT2D eigenvalue weighted by Crippen LogP contribution is -2.52. The smallest absolute Gasteiger partial charge is 0.269 e. The third-order valence-electron chi connectivity index (χ3n) is 6.54. The maximum Gasteiger partial charge on any atom is 0.269 e. The normalized spacial score (nSPS) is 30.2. The minimum absolute atomic E-state index is 0.146. The molecule has 2 atom stereocenters. The Labute approximate surface area is 149 Å². The number of Topliss-reactive ketones (excluding diaryl/α,β-unsaturated/α-hetero) is 1. The molecule has 0 aromatic heterocycles. The average molecular weight is 393 g/mol. The second-order valence-corrected chi connectivity index (χ2v) is 8.47. The van der Waals surface area contributed by atoms with Gasteiger partial charge in [0.1, 0.15) is 5.78 Å². The van der Waals surface area contributed by atoms with Gasteiger partial charge in [-0.15, -0.1) is 0 Å². The number of fused-ring (bicyclic) bond motifs is 2. The van der Waals surface area contributed by atoms with Gasteiger partial charge in [-0.3, -0.25) is 25.2 Å². The summed E-state index contributed by atoms with van der Waals surface area (Å²) in [5.41, 5.74) is 3.84. The van der Waals surface area contributed by atoms with Gasteiger partial charge in [0.05, 0.1) is 5.41 Å². The maximum absolute atomic E-state index is 12.8. The maximum atomic E-state index is 12.8. The van der Waals surface area contributed by atoms with Crippen LogP contribution in [0.4, 0.5) is 0 Å². The van der Waals surface area contributed by atoms with Crippen molar-refractivity contribution in [1.82, 2.24) is 10.9 Å². The van der Waals surface area contributed by atoms with Gasteiger partial charge in [-0.25, -0.2) is 0 Å². The molecule has 1 aromatic rings. The molecule has 2 aliphatic rings. The molecule has 6 heteroatoms. The van der Waals surface area contributed by atoms with Crippen molar-refractivity contribution < 1.29 is 14.4 Å². The zero-order valence-electron chi connectivity index (χ0n) is 14.0. The van der Waals surface area contributed by atoms with Crippen LogP contribution in [0.2, 0.25) is 0 Å². The van der Waals surface area contributed by atoms with Crippen LogP contribution >= 0.6 is 15.9 Å². The summed E-state index contributed by atoms with van der Waals surface area (Å²) in [5, 5.41) is 0. The van der Waals surface area contributed by atoms with Crippen molar-refractivity contribution in [1.29, 1.82) is 0 Å². The summed E-state index contributed by atoms with van der Waals surface area (Å²) in [6.07, 6.45) is 1.63. The first-order valence-electron chi connectivity index (χ1n) is 8.04. The summed E-state index contributed by atoms with van der Waals surface area (Å²) in [6, 6.07) is 6.85. The van der Waals surface area contributed by atoms with Crippen LogP contribution in [0.3, 0.4) is 0 Å². The van der Waals surface area contributed by atoms with E-state index in [0.29, 0.717) is 18.4 Å². The first-order chi connectivity index (χ1) is 11.1. The van der Waals surface area contributed by atoms with Crippen LogP contribution in [-0.2, 0) is 9.59 Å². The van der Waals surface area contributed by atoms with Gasteiger partial charge in [0, 0.05) is 21.9 Å². The van der Waals surface area contributed by atoms with Crippen LogP contribution in [0.15, 0.2) is 28.7 Å². The molecule has 2 N–H and O–H groups in total. The van der Waals surface area contributed by atoms with E-state index in [1.807, 2.05) is 20.8 Å². The van der Waals surface area contributed by atoms with Crippen LogP contribution in [0.1, 0.15) is 50.4 Å². The number of carbonyl (C=O) groups is 3. The van der Waals surface area contributed by atoms with Crippen molar-refractivity contribution in [2.24, 2.45) is 16.2 Å². The molecular formula is C18H21BrN2O3. The summed E-state index contributed by atoms with van der Waals surface area (Å²) in [5.74, 6) is -0.504. The lowest BCUT2D eigenvalue weighted by molar-refractivity contribution is -0.137.